The van der Waals surface area contributed by atoms with E-state index >= 15 is 0 Å². The molecular weight excluding hydrogens is 410 g/mol. The third-order valence-corrected chi connectivity index (χ3v) is 5.76. The monoisotopic (exact) mass is 426 g/mol. The van der Waals surface area contributed by atoms with Gasteiger partial charge in [-0.05, 0) is 42.3 Å². The van der Waals surface area contributed by atoms with Crippen molar-refractivity contribution in [3.8, 4) is 5.75 Å². The predicted molar refractivity (Wildman–Crippen MR) is 114 cm³/mol. The molecule has 3 nitrogen and oxygen atoms in total. The van der Waals surface area contributed by atoms with Gasteiger partial charge in [0.25, 0.3) is 0 Å². The number of hydrogen-bond donors (Lipinski definition) is 1. The van der Waals surface area contributed by atoms with Crippen molar-refractivity contribution in [1.82, 2.24) is 9.97 Å². The standard InChI is InChI=1S/C23H17Cl2FN2O/c1-13-9-16(28-12-21(13)26)11-18(15-5-7-19(24)20(25)10-15)17-6-4-14-3-2-8-27-22(14)23(17)29/h2-10,12,18,29H,11H2,1H3. The third-order valence-electron chi connectivity index (χ3n) is 5.02. The lowest BCUT2D eigenvalue weighted by Gasteiger charge is -2.20. The molecule has 1 N–H and O–H groups in total. The first kappa shape index (κ1) is 19.6. The molecule has 6 heteroatoms. The molecule has 0 bridgehead atoms. The van der Waals surface area contributed by atoms with Crippen molar-refractivity contribution in [2.75, 3.05) is 0 Å². The summed E-state index contributed by atoms with van der Waals surface area (Å²) >= 11 is 12.4. The van der Waals surface area contributed by atoms with E-state index in [0.29, 0.717) is 38.8 Å². The van der Waals surface area contributed by atoms with Gasteiger partial charge in [0.2, 0.25) is 0 Å². The van der Waals surface area contributed by atoms with E-state index in [1.54, 1.807) is 31.3 Å². The maximum atomic E-state index is 13.7. The van der Waals surface area contributed by atoms with Crippen molar-refractivity contribution < 1.29 is 9.50 Å². The summed E-state index contributed by atoms with van der Waals surface area (Å²) in [6, 6.07) is 14.6. The molecule has 4 aromatic rings. The number of aromatic nitrogens is 2. The minimum Gasteiger partial charge on any atom is -0.505 e. The van der Waals surface area contributed by atoms with Crippen molar-refractivity contribution in [3.05, 3.63) is 99.2 Å². The lowest BCUT2D eigenvalue weighted by molar-refractivity contribution is 0.469. The second-order valence-corrected chi connectivity index (χ2v) is 7.75. The molecule has 146 valence electrons. The number of aromatic hydroxyl groups is 1. The summed E-state index contributed by atoms with van der Waals surface area (Å²) in [5, 5.41) is 12.7. The summed E-state index contributed by atoms with van der Waals surface area (Å²) in [6.45, 7) is 1.70. The predicted octanol–water partition coefficient (Wildman–Crippen LogP) is 6.46. The summed E-state index contributed by atoms with van der Waals surface area (Å²) in [7, 11) is 0. The number of fused-ring (bicyclic) bond motifs is 1. The van der Waals surface area contributed by atoms with Gasteiger partial charge in [-0.15, -0.1) is 0 Å². The van der Waals surface area contributed by atoms with Gasteiger partial charge in [-0.25, -0.2) is 4.39 Å². The fourth-order valence-corrected chi connectivity index (χ4v) is 3.79. The van der Waals surface area contributed by atoms with Gasteiger partial charge in [-0.3, -0.25) is 9.97 Å². The van der Waals surface area contributed by atoms with Crippen LogP contribution in [-0.4, -0.2) is 15.1 Å². The van der Waals surface area contributed by atoms with Crippen molar-refractivity contribution in [2.24, 2.45) is 0 Å². The first-order valence-corrected chi connectivity index (χ1v) is 9.82. The van der Waals surface area contributed by atoms with Crippen LogP contribution in [0.4, 0.5) is 4.39 Å². The Bertz CT molecular complexity index is 1210. The third kappa shape index (κ3) is 3.91. The highest BCUT2D eigenvalue weighted by atomic mass is 35.5. The van der Waals surface area contributed by atoms with Crippen molar-refractivity contribution >= 4 is 34.1 Å². The van der Waals surface area contributed by atoms with E-state index in [2.05, 4.69) is 9.97 Å². The Labute approximate surface area is 177 Å². The van der Waals surface area contributed by atoms with E-state index in [9.17, 15) is 9.50 Å². The highest BCUT2D eigenvalue weighted by Gasteiger charge is 2.22. The Kier molecular flexibility index (Phi) is 5.39. The SMILES string of the molecule is Cc1cc(CC(c2ccc(Cl)c(Cl)c2)c2ccc3cccnc3c2O)ncc1F. The average Bonchev–Trinajstić information content (AvgIpc) is 2.72. The van der Waals surface area contributed by atoms with Crippen molar-refractivity contribution in [3.63, 3.8) is 0 Å². The summed E-state index contributed by atoms with van der Waals surface area (Å²) in [5.41, 5.74) is 3.32. The number of pyridine rings is 2. The van der Waals surface area contributed by atoms with Crippen molar-refractivity contribution in [2.45, 2.75) is 19.3 Å². The first-order valence-electron chi connectivity index (χ1n) is 9.06. The molecule has 0 radical (unpaired) electrons. The Hall–Kier alpha value is -2.69. The molecule has 0 spiro atoms. The molecular formula is C23H17Cl2FN2O. The van der Waals surface area contributed by atoms with E-state index < -0.39 is 0 Å². The maximum absolute atomic E-state index is 13.7. The zero-order chi connectivity index (χ0) is 20.5. The minimum atomic E-state index is -0.349. The fraction of sp³-hybridized carbons (Fsp3) is 0.130. The van der Waals surface area contributed by atoms with E-state index in [1.807, 2.05) is 30.3 Å². The molecule has 0 amide bonds. The molecule has 4 rings (SSSR count). The highest BCUT2D eigenvalue weighted by molar-refractivity contribution is 6.42. The largest absolute Gasteiger partial charge is 0.505 e. The van der Waals surface area contributed by atoms with E-state index in [1.165, 1.54) is 6.20 Å². The minimum absolute atomic E-state index is 0.109. The number of benzene rings is 2. The molecule has 0 aliphatic carbocycles. The second kappa shape index (κ2) is 7.97. The number of hydrogen-bond acceptors (Lipinski definition) is 3. The van der Waals surface area contributed by atoms with Crippen LogP contribution in [0.2, 0.25) is 10.0 Å². The Morgan fingerprint density at radius 2 is 1.86 bits per heavy atom. The Balaban J connectivity index is 1.86. The van der Waals surface area contributed by atoms with Crippen LogP contribution in [0.25, 0.3) is 10.9 Å². The van der Waals surface area contributed by atoms with Gasteiger partial charge >= 0.3 is 0 Å². The molecule has 0 saturated carbocycles. The van der Waals surface area contributed by atoms with Gasteiger partial charge in [0.15, 0.2) is 0 Å². The number of nitrogens with zero attached hydrogens (tertiary/aromatic N) is 2. The van der Waals surface area contributed by atoms with Gasteiger partial charge < -0.3 is 5.11 Å². The van der Waals surface area contributed by atoms with Gasteiger partial charge in [0.05, 0.1) is 16.2 Å². The molecule has 29 heavy (non-hydrogen) atoms. The molecule has 0 aliphatic heterocycles. The normalized spacial score (nSPS) is 12.3. The van der Waals surface area contributed by atoms with Crippen LogP contribution in [0.5, 0.6) is 5.75 Å². The summed E-state index contributed by atoms with van der Waals surface area (Å²) < 4.78 is 13.7. The molecule has 2 aromatic carbocycles. The number of halogens is 3. The van der Waals surface area contributed by atoms with Crippen LogP contribution >= 0.6 is 23.2 Å². The zero-order valence-electron chi connectivity index (χ0n) is 15.5. The number of rotatable bonds is 4. The van der Waals surface area contributed by atoms with Gasteiger partial charge in [-0.1, -0.05) is 47.5 Å². The molecule has 1 atom stereocenters. The van der Waals surface area contributed by atoms with Crippen LogP contribution < -0.4 is 0 Å². The van der Waals surface area contributed by atoms with Crippen LogP contribution in [0.1, 0.15) is 28.3 Å². The number of aryl methyl sites for hydroxylation is 1. The van der Waals surface area contributed by atoms with Crippen LogP contribution in [0.15, 0.2) is 60.9 Å². The molecule has 1 unspecified atom stereocenters. The van der Waals surface area contributed by atoms with Gasteiger partial charge in [0, 0.05) is 35.2 Å². The lowest BCUT2D eigenvalue weighted by Crippen LogP contribution is -2.08. The molecule has 2 aromatic heterocycles. The zero-order valence-corrected chi connectivity index (χ0v) is 17.0. The lowest BCUT2D eigenvalue weighted by atomic mass is 9.86. The summed E-state index contributed by atoms with van der Waals surface area (Å²) in [6.07, 6.45) is 3.31. The van der Waals surface area contributed by atoms with Crippen LogP contribution in [0, 0.1) is 12.7 Å². The average molecular weight is 427 g/mol. The molecule has 0 aliphatic rings. The smallest absolute Gasteiger partial charge is 0.145 e. The number of phenolic OH excluding ortho intramolecular Hbond substituents is 1. The summed E-state index contributed by atoms with van der Waals surface area (Å²) in [5.74, 6) is -0.510. The first-order chi connectivity index (χ1) is 13.9. The van der Waals surface area contributed by atoms with E-state index in [0.717, 1.165) is 10.9 Å². The fourth-order valence-electron chi connectivity index (χ4n) is 3.48. The second-order valence-electron chi connectivity index (χ2n) is 6.93. The maximum Gasteiger partial charge on any atom is 0.145 e. The summed E-state index contributed by atoms with van der Waals surface area (Å²) in [4.78, 5) is 8.55. The van der Waals surface area contributed by atoms with Crippen LogP contribution in [0.3, 0.4) is 0 Å². The van der Waals surface area contributed by atoms with Crippen molar-refractivity contribution in [1.29, 1.82) is 0 Å². The number of phenols is 1. The molecule has 2 heterocycles. The topological polar surface area (TPSA) is 46.0 Å². The Morgan fingerprint density at radius 3 is 2.62 bits per heavy atom. The molecule has 0 fully saturated rings. The molecule has 0 saturated heterocycles. The van der Waals surface area contributed by atoms with E-state index in [-0.39, 0.29) is 17.5 Å². The van der Waals surface area contributed by atoms with E-state index in [4.69, 9.17) is 23.2 Å². The highest BCUT2D eigenvalue weighted by Crippen LogP contribution is 2.39. The quantitative estimate of drug-likeness (QED) is 0.406. The van der Waals surface area contributed by atoms with Gasteiger partial charge in [0.1, 0.15) is 17.1 Å². The van der Waals surface area contributed by atoms with Gasteiger partial charge in [-0.2, -0.15) is 0 Å². The van der Waals surface area contributed by atoms with Crippen LogP contribution in [-0.2, 0) is 6.42 Å². The Morgan fingerprint density at radius 1 is 1.03 bits per heavy atom.